The maximum absolute atomic E-state index is 4.57. The molecule has 1 aliphatic heterocycles. The molecule has 2 aromatic heterocycles. The van der Waals surface area contributed by atoms with Gasteiger partial charge in [-0.15, -0.1) is 0 Å². The summed E-state index contributed by atoms with van der Waals surface area (Å²) >= 11 is 0. The molecule has 5 heteroatoms. The Bertz CT molecular complexity index is 880. The van der Waals surface area contributed by atoms with Crippen molar-refractivity contribution >= 4 is 16.6 Å². The first-order valence-electron chi connectivity index (χ1n) is 8.61. The van der Waals surface area contributed by atoms with Gasteiger partial charge in [-0.25, -0.2) is 4.98 Å². The number of fused-ring (bicyclic) bond motifs is 9. The summed E-state index contributed by atoms with van der Waals surface area (Å²) in [6.07, 6.45) is 10.0. The Morgan fingerprint density at radius 3 is 3.00 bits per heavy atom. The minimum absolute atomic E-state index is 0.332. The third kappa shape index (κ3) is 1.47. The summed E-state index contributed by atoms with van der Waals surface area (Å²) in [6.45, 7) is 0. The van der Waals surface area contributed by atoms with Crippen LogP contribution < -0.4 is 5.32 Å². The van der Waals surface area contributed by atoms with Crippen LogP contribution in [0.15, 0.2) is 30.9 Å². The van der Waals surface area contributed by atoms with E-state index in [0.717, 1.165) is 23.0 Å². The van der Waals surface area contributed by atoms with Gasteiger partial charge in [-0.05, 0) is 60.6 Å². The molecule has 3 aromatic rings. The molecule has 2 bridgehead atoms. The molecular formula is C18H19N5. The zero-order chi connectivity index (χ0) is 15.0. The molecule has 23 heavy (non-hydrogen) atoms. The number of nitrogens with zero attached hydrogens (tertiary/aromatic N) is 2. The van der Waals surface area contributed by atoms with Gasteiger partial charge >= 0.3 is 0 Å². The van der Waals surface area contributed by atoms with Crippen molar-refractivity contribution in [3.8, 4) is 0 Å². The van der Waals surface area contributed by atoms with Crippen molar-refractivity contribution in [2.45, 2.75) is 31.2 Å². The predicted molar refractivity (Wildman–Crippen MR) is 88.1 cm³/mol. The van der Waals surface area contributed by atoms with Gasteiger partial charge in [0.1, 0.15) is 0 Å². The fraction of sp³-hybridized carbons (Fsp3) is 0.444. The maximum atomic E-state index is 4.57. The van der Waals surface area contributed by atoms with Crippen LogP contribution in [0.5, 0.6) is 0 Å². The molecule has 116 valence electrons. The lowest BCUT2D eigenvalue weighted by Crippen LogP contribution is -2.35. The number of aromatic nitrogens is 4. The maximum Gasteiger partial charge on any atom is 0.0924 e. The Balaban J connectivity index is 1.60. The molecular weight excluding hydrogens is 286 g/mol. The van der Waals surface area contributed by atoms with Crippen molar-refractivity contribution in [1.29, 1.82) is 0 Å². The first-order chi connectivity index (χ1) is 11.4. The Hall–Kier alpha value is -2.30. The fourth-order valence-corrected chi connectivity index (χ4v) is 5.74. The number of H-pyrrole nitrogens is 2. The van der Waals surface area contributed by atoms with E-state index in [9.17, 15) is 0 Å². The summed E-state index contributed by atoms with van der Waals surface area (Å²) in [7, 11) is 0. The standard InChI is InChI=1S/C18H19N5/c1-2-10-5-9(1)15-16(10)18(14-7-19-8-20-14)22-13-4-3-12-11(17(13)15)6-21-23-12/h3-4,6-10,15-16,18,22H,1-2,5H2,(H,19,20)(H,21,23)/t9-,10+,15+,16-,18+/m1/s1. The minimum atomic E-state index is 0.332. The van der Waals surface area contributed by atoms with Crippen LogP contribution in [0.1, 0.15) is 42.5 Å². The van der Waals surface area contributed by atoms with Crippen LogP contribution in [-0.4, -0.2) is 20.2 Å². The van der Waals surface area contributed by atoms with E-state index < -0.39 is 0 Å². The molecule has 2 saturated carbocycles. The number of rotatable bonds is 1. The molecule has 5 nitrogen and oxygen atoms in total. The Kier molecular flexibility index (Phi) is 2.20. The number of hydrogen-bond donors (Lipinski definition) is 3. The highest BCUT2D eigenvalue weighted by molar-refractivity contribution is 5.88. The lowest BCUT2D eigenvalue weighted by atomic mass is 9.68. The van der Waals surface area contributed by atoms with E-state index in [1.54, 1.807) is 6.33 Å². The molecule has 0 saturated heterocycles. The molecule has 0 unspecified atom stereocenters. The summed E-state index contributed by atoms with van der Waals surface area (Å²) < 4.78 is 0. The topological polar surface area (TPSA) is 69.4 Å². The monoisotopic (exact) mass is 305 g/mol. The number of hydrogen-bond acceptors (Lipinski definition) is 3. The van der Waals surface area contributed by atoms with Crippen molar-refractivity contribution < 1.29 is 0 Å². The van der Waals surface area contributed by atoms with Crippen LogP contribution in [0.3, 0.4) is 0 Å². The van der Waals surface area contributed by atoms with Gasteiger partial charge in [-0.1, -0.05) is 0 Å². The van der Waals surface area contributed by atoms with Crippen LogP contribution in [0.4, 0.5) is 5.69 Å². The summed E-state index contributed by atoms with van der Waals surface area (Å²) in [4.78, 5) is 7.71. The summed E-state index contributed by atoms with van der Waals surface area (Å²) in [5.41, 5.74) is 5.09. The van der Waals surface area contributed by atoms with E-state index in [1.807, 2.05) is 6.20 Å². The average Bonchev–Trinajstić information content (AvgIpc) is 3.37. The lowest BCUT2D eigenvalue weighted by Gasteiger charge is -2.43. The number of aromatic amines is 2. The molecule has 3 N–H and O–H groups in total. The molecule has 2 aliphatic carbocycles. The van der Waals surface area contributed by atoms with E-state index in [4.69, 9.17) is 0 Å². The summed E-state index contributed by atoms with van der Waals surface area (Å²) in [6, 6.07) is 4.69. The molecule has 0 spiro atoms. The quantitative estimate of drug-likeness (QED) is 0.643. The molecule has 2 fully saturated rings. The van der Waals surface area contributed by atoms with E-state index in [0.29, 0.717) is 17.9 Å². The zero-order valence-electron chi connectivity index (χ0n) is 12.8. The van der Waals surface area contributed by atoms with Gasteiger partial charge < -0.3 is 10.3 Å². The Morgan fingerprint density at radius 2 is 2.09 bits per heavy atom. The van der Waals surface area contributed by atoms with Crippen LogP contribution in [0.2, 0.25) is 0 Å². The van der Waals surface area contributed by atoms with Crippen molar-refractivity contribution in [2.75, 3.05) is 5.32 Å². The second kappa shape index (κ2) is 4.16. The molecule has 3 aliphatic rings. The highest BCUT2D eigenvalue weighted by atomic mass is 15.1. The summed E-state index contributed by atoms with van der Waals surface area (Å²) in [5, 5.41) is 12.5. The molecule has 0 amide bonds. The number of imidazole rings is 1. The number of anilines is 1. The molecule has 5 atom stereocenters. The van der Waals surface area contributed by atoms with Gasteiger partial charge in [0.05, 0.1) is 29.8 Å². The summed E-state index contributed by atoms with van der Waals surface area (Å²) in [5.74, 6) is 2.96. The van der Waals surface area contributed by atoms with E-state index in [-0.39, 0.29) is 0 Å². The number of nitrogens with one attached hydrogen (secondary N) is 3. The Labute approximate surface area is 133 Å². The first kappa shape index (κ1) is 12.2. The van der Waals surface area contributed by atoms with Gasteiger partial charge in [-0.2, -0.15) is 5.10 Å². The zero-order valence-corrected chi connectivity index (χ0v) is 12.8. The predicted octanol–water partition coefficient (Wildman–Crippen LogP) is 3.58. The largest absolute Gasteiger partial charge is 0.376 e. The van der Waals surface area contributed by atoms with E-state index >= 15 is 0 Å². The van der Waals surface area contributed by atoms with E-state index in [2.05, 4.69) is 43.8 Å². The van der Waals surface area contributed by atoms with Gasteiger partial charge in [0.15, 0.2) is 0 Å². The average molecular weight is 305 g/mol. The van der Waals surface area contributed by atoms with Crippen molar-refractivity contribution in [2.24, 2.45) is 17.8 Å². The molecule has 0 radical (unpaired) electrons. The highest BCUT2D eigenvalue weighted by Crippen LogP contribution is 2.64. The molecule has 1 aromatic carbocycles. The minimum Gasteiger partial charge on any atom is -0.376 e. The van der Waals surface area contributed by atoms with Crippen LogP contribution in [0.25, 0.3) is 10.9 Å². The highest BCUT2D eigenvalue weighted by Gasteiger charge is 2.54. The van der Waals surface area contributed by atoms with Crippen molar-refractivity contribution in [3.05, 3.63) is 42.1 Å². The Morgan fingerprint density at radius 1 is 1.13 bits per heavy atom. The second-order valence-electron chi connectivity index (χ2n) is 7.41. The van der Waals surface area contributed by atoms with Crippen molar-refractivity contribution in [3.63, 3.8) is 0 Å². The first-order valence-corrected chi connectivity index (χ1v) is 8.61. The van der Waals surface area contributed by atoms with Gasteiger partial charge in [-0.3, -0.25) is 5.10 Å². The van der Waals surface area contributed by atoms with Gasteiger partial charge in [0, 0.05) is 17.3 Å². The third-order valence-electron chi connectivity index (χ3n) is 6.51. The second-order valence-corrected chi connectivity index (χ2v) is 7.41. The van der Waals surface area contributed by atoms with Crippen LogP contribution >= 0.6 is 0 Å². The SMILES string of the molecule is c1nc([C@@H]2Nc3ccc4[nH]ncc4c3[C@H]3[C@@H]4CC[C@@H](C4)[C@H]32)c[nH]1. The normalized spacial score (nSPS) is 34.3. The lowest BCUT2D eigenvalue weighted by molar-refractivity contribution is 0.246. The van der Waals surface area contributed by atoms with Crippen molar-refractivity contribution in [1.82, 2.24) is 20.2 Å². The smallest absolute Gasteiger partial charge is 0.0924 e. The van der Waals surface area contributed by atoms with E-state index in [1.165, 1.54) is 35.9 Å². The fourth-order valence-electron chi connectivity index (χ4n) is 5.74. The van der Waals surface area contributed by atoms with Crippen LogP contribution in [0, 0.1) is 17.8 Å². The van der Waals surface area contributed by atoms with Gasteiger partial charge in [0.2, 0.25) is 0 Å². The third-order valence-corrected chi connectivity index (χ3v) is 6.51. The molecule has 3 heterocycles. The number of benzene rings is 1. The van der Waals surface area contributed by atoms with Crippen LogP contribution in [-0.2, 0) is 0 Å². The molecule has 6 rings (SSSR count). The van der Waals surface area contributed by atoms with Gasteiger partial charge in [0.25, 0.3) is 0 Å².